The van der Waals surface area contributed by atoms with Crippen LogP contribution in [-0.2, 0) is 19.1 Å². The number of hydrogen-bond acceptors (Lipinski definition) is 10. The molecule has 3 saturated heterocycles. The number of epoxide rings is 1. The van der Waals surface area contributed by atoms with Gasteiger partial charge in [0.15, 0.2) is 0 Å². The molecule has 10 nitrogen and oxygen atoms in total. The van der Waals surface area contributed by atoms with Crippen LogP contribution in [-0.4, -0.2) is 121 Å². The van der Waals surface area contributed by atoms with Crippen LogP contribution in [0, 0.1) is 31.8 Å². The predicted octanol–water partition coefficient (Wildman–Crippen LogP) is 18.8. The number of terminal acetylenes is 2. The molecule has 1 aromatic rings. The van der Waals surface area contributed by atoms with Gasteiger partial charge in [-0.05, 0) is 155 Å². The van der Waals surface area contributed by atoms with Gasteiger partial charge in [0.25, 0.3) is 11.8 Å². The van der Waals surface area contributed by atoms with E-state index in [4.69, 9.17) is 21.4 Å². The SMILES string of the molecule is C.C.C.C.C.C.C.C.C#CC.C#COC.C=C(C)C.C=C(C)Cl.C=C=NC.C=C=NC.C=CC.C=Cc1ccc(C)cc1.CC.CC1=C(C)C(=O)N(C)C1=O.CC1N(C)C1(C)C.CC1OC1(C)C.CC1SC1(C)C.CN.CO. The van der Waals surface area contributed by atoms with Crippen LogP contribution in [0.5, 0.6) is 0 Å². The minimum atomic E-state index is -0.178. The third-order valence-corrected chi connectivity index (χ3v) is 10.5. The molecule has 5 rings (SSSR count). The Labute approximate surface area is 501 Å². The normalized spacial score (nSPS) is 15.6. The number of amides is 2. The number of halogens is 1. The summed E-state index contributed by atoms with van der Waals surface area (Å²) < 4.78 is 9.80. The number of ether oxygens (including phenoxy) is 2. The molecule has 0 saturated carbocycles. The van der Waals surface area contributed by atoms with Gasteiger partial charge in [-0.2, -0.15) is 11.8 Å². The van der Waals surface area contributed by atoms with E-state index in [2.05, 4.69) is 196 Å². The summed E-state index contributed by atoms with van der Waals surface area (Å²) in [4.78, 5) is 32.2. The molecule has 4 unspecified atom stereocenters. The lowest BCUT2D eigenvalue weighted by molar-refractivity contribution is -0.135. The van der Waals surface area contributed by atoms with Crippen molar-refractivity contribution in [2.75, 3.05) is 49.5 Å². The fourth-order valence-electron chi connectivity index (χ4n) is 3.37. The molecule has 0 aliphatic carbocycles. The number of allylic oxidation sites excluding steroid dienone is 3. The first-order valence-corrected chi connectivity index (χ1v) is 23.9. The minimum absolute atomic E-state index is 0. The molecule has 0 spiro atoms. The maximum atomic E-state index is 11.0. The summed E-state index contributed by atoms with van der Waals surface area (Å²) in [7, 11) is 10.9. The lowest BCUT2D eigenvalue weighted by atomic mass is 10.2. The number of aliphatic hydroxyl groups is 1. The molecular formula is C66H136ClN5O5S. The highest BCUT2D eigenvalue weighted by Crippen LogP contribution is 2.52. The van der Waals surface area contributed by atoms with E-state index in [1.54, 1.807) is 47.9 Å². The molecule has 78 heavy (non-hydrogen) atoms. The van der Waals surface area contributed by atoms with Gasteiger partial charge in [-0.1, -0.05) is 159 Å². The number of benzene rings is 1. The molecule has 4 aliphatic rings. The van der Waals surface area contributed by atoms with Crippen LogP contribution in [0.4, 0.5) is 0 Å². The largest absolute Gasteiger partial charge is 0.450 e. The number of nitrogens with zero attached hydrogens (tertiary/aromatic N) is 4. The highest BCUT2D eigenvalue weighted by atomic mass is 35.5. The molecule has 0 radical (unpaired) electrons. The van der Waals surface area contributed by atoms with Crippen molar-refractivity contribution in [1.82, 2.24) is 9.80 Å². The molecule has 3 fully saturated rings. The molecule has 12 heteroatoms. The number of aliphatic hydroxyl groups excluding tert-OH is 1. The summed E-state index contributed by atoms with van der Waals surface area (Å²) in [5, 5.41) is 8.55. The fraction of sp³-hybridized carbons (Fsp3) is 0.606. The van der Waals surface area contributed by atoms with Crippen LogP contribution < -0.4 is 5.73 Å². The van der Waals surface area contributed by atoms with Gasteiger partial charge in [-0.3, -0.25) is 19.4 Å². The van der Waals surface area contributed by atoms with Crippen LogP contribution in [0.25, 0.3) is 6.08 Å². The van der Waals surface area contributed by atoms with Gasteiger partial charge in [-0.25, -0.2) is 9.98 Å². The Hall–Kier alpha value is -4.64. The smallest absolute Gasteiger partial charge is 0.256 e. The number of nitrogens with two attached hydrogens (primary N) is 1. The minimum Gasteiger partial charge on any atom is -0.450 e. The van der Waals surface area contributed by atoms with Gasteiger partial charge in [0.2, 0.25) is 0 Å². The highest BCUT2D eigenvalue weighted by Gasteiger charge is 2.48. The molecule has 468 valence electrons. The lowest BCUT2D eigenvalue weighted by Crippen LogP contribution is -2.26. The average molecular weight is 1150 g/mol. The predicted molar refractivity (Wildman–Crippen MR) is 373 cm³/mol. The molecule has 4 atom stereocenters. The second kappa shape index (κ2) is 81.2. The Morgan fingerprint density at radius 1 is 0.795 bits per heavy atom. The Balaban J connectivity index is -0.0000000314. The van der Waals surface area contributed by atoms with Crippen LogP contribution in [0.15, 0.2) is 102 Å². The number of carbonyl (C=O) groups is 2. The zero-order chi connectivity index (χ0) is 58.6. The molecule has 1 aromatic carbocycles. The van der Waals surface area contributed by atoms with Gasteiger partial charge in [0.1, 0.15) is 6.11 Å². The van der Waals surface area contributed by atoms with Crippen molar-refractivity contribution < 1.29 is 24.2 Å². The maximum absolute atomic E-state index is 11.0. The Morgan fingerprint density at radius 3 is 1.03 bits per heavy atom. The zero-order valence-electron chi connectivity index (χ0n) is 49.3. The number of thioether (sulfide) groups is 1. The summed E-state index contributed by atoms with van der Waals surface area (Å²) in [5.41, 5.74) is 9.97. The van der Waals surface area contributed by atoms with E-state index in [-0.39, 0.29) is 76.8 Å². The number of carbonyl (C=O) groups excluding carboxylic acids is 2. The molecular weight excluding hydrogens is 1010 g/mol. The number of methoxy groups -OCH3 is 1. The van der Waals surface area contributed by atoms with Crippen LogP contribution in [0.2, 0.25) is 0 Å². The zero-order valence-corrected chi connectivity index (χ0v) is 50.9. The third kappa shape index (κ3) is 90.8. The average Bonchev–Trinajstić information content (AvgIpc) is 4.19. The first-order valence-electron chi connectivity index (χ1n) is 22.6. The van der Waals surface area contributed by atoms with E-state index in [9.17, 15) is 9.59 Å². The first-order chi connectivity index (χ1) is 32.2. The number of aliphatic imine (C=N–C) groups is 2. The van der Waals surface area contributed by atoms with E-state index in [1.165, 1.54) is 37.9 Å². The lowest BCUT2D eigenvalue weighted by Gasteiger charge is -2.04. The topological polar surface area (TPSA) is 133 Å². The molecule has 0 bridgehead atoms. The maximum Gasteiger partial charge on any atom is 0.256 e. The van der Waals surface area contributed by atoms with E-state index in [0.29, 0.717) is 32.6 Å². The molecule has 4 heterocycles. The number of imide groups is 1. The van der Waals surface area contributed by atoms with E-state index >= 15 is 0 Å². The number of hydrogen-bond donors (Lipinski definition) is 2. The summed E-state index contributed by atoms with van der Waals surface area (Å²) in [6.07, 6.45) is 15.2. The van der Waals surface area contributed by atoms with Crippen molar-refractivity contribution in [3.05, 3.63) is 103 Å². The molecule has 4 aliphatic heterocycles. The number of rotatable bonds is 1. The van der Waals surface area contributed by atoms with E-state index in [1.807, 2.05) is 58.6 Å². The first kappa shape index (κ1) is 125. The fourth-order valence-corrected chi connectivity index (χ4v) is 4.21. The second-order valence-electron chi connectivity index (χ2n) is 15.9. The van der Waals surface area contributed by atoms with Crippen molar-refractivity contribution in [3.8, 4) is 24.9 Å². The Morgan fingerprint density at radius 2 is 0.962 bits per heavy atom. The molecule has 2 amide bonds. The van der Waals surface area contributed by atoms with Crippen LogP contribution in [0.3, 0.4) is 0 Å². The molecule has 3 N–H and O–H groups in total. The molecule has 0 aromatic heterocycles. The van der Waals surface area contributed by atoms with E-state index in [0.717, 1.165) is 23.3 Å². The number of likely N-dealkylation sites (N-methyl/N-ethyl adjacent to an activating group) is 2. The highest BCUT2D eigenvalue weighted by molar-refractivity contribution is 8.08. The monoisotopic (exact) mass is 1150 g/mol. The Kier molecular flexibility index (Phi) is 130. The number of aryl methyl sites for hydroxylation is 1. The van der Waals surface area contributed by atoms with E-state index < -0.39 is 0 Å². The van der Waals surface area contributed by atoms with Crippen molar-refractivity contribution in [2.45, 2.75) is 224 Å². The van der Waals surface area contributed by atoms with Crippen molar-refractivity contribution in [3.63, 3.8) is 0 Å². The van der Waals surface area contributed by atoms with Gasteiger partial charge in [0.05, 0.1) is 18.8 Å². The van der Waals surface area contributed by atoms with Gasteiger partial charge in [-0.15, -0.1) is 25.5 Å². The Bertz CT molecular complexity index is 1640. The summed E-state index contributed by atoms with van der Waals surface area (Å²) >= 11 is 7.13. The van der Waals surface area contributed by atoms with Crippen LogP contribution in [0.1, 0.15) is 195 Å². The quantitative estimate of drug-likeness (QED) is 0.0934. The third-order valence-electron chi connectivity index (χ3n) is 8.81. The van der Waals surface area contributed by atoms with Crippen molar-refractivity contribution in [1.29, 1.82) is 0 Å². The van der Waals surface area contributed by atoms with Crippen LogP contribution >= 0.6 is 23.4 Å². The van der Waals surface area contributed by atoms with Crippen molar-refractivity contribution >= 4 is 53.0 Å². The van der Waals surface area contributed by atoms with Gasteiger partial charge < -0.3 is 20.3 Å². The van der Waals surface area contributed by atoms with Gasteiger partial charge in [0, 0.05) is 66.0 Å². The van der Waals surface area contributed by atoms with Crippen molar-refractivity contribution in [2.24, 2.45) is 15.7 Å². The summed E-state index contributed by atoms with van der Waals surface area (Å²) in [6.45, 7) is 58.8. The summed E-state index contributed by atoms with van der Waals surface area (Å²) in [5.74, 6) is 6.50. The van der Waals surface area contributed by atoms with Gasteiger partial charge >= 0.3 is 0 Å². The standard InChI is InChI=1S/C9H10.C7H9NO2.C6H13N.C5H10O.C5H10S.C4H8.C3H5Cl.2C3H5N.C3H4O.C3H6.C3H4.C2H6.CH5N.CH4O.8CH4/c1-3-9-6-4-8(2)5-7-9;1-4-5(2)7(10)8(3)6(4)9;1-5-6(2,3)7(5)4;2*1-4-5(2,3)6-4;1-4(2)3;1-3(2)4;3*1-3-4-2;2*1-3-2;3*1-2;;;;;;;;/h3-7H,1H2,2H3;1-3H3;5H,1-4H3;2*4H,1-3H3;1H2,2-3H3;3*1H2,2H3;1H,2H3;3H,1H2,2H3;1H,2H3;1-2H3;2H2,1H3;2H,1H3;8*1H4. The second-order valence-corrected chi connectivity index (χ2v) is 18.5. The summed E-state index contributed by atoms with van der Waals surface area (Å²) in [6, 6.07) is 9.08.